The van der Waals surface area contributed by atoms with Crippen LogP contribution in [-0.2, 0) is 10.0 Å². The maximum atomic E-state index is 13.5. The van der Waals surface area contributed by atoms with E-state index in [1.165, 1.54) is 16.9 Å². The molecule has 112 valence electrons. The van der Waals surface area contributed by atoms with Crippen molar-refractivity contribution in [3.8, 4) is 0 Å². The number of nitrogens with one attached hydrogen (secondary N) is 1. The van der Waals surface area contributed by atoms with Crippen molar-refractivity contribution in [2.24, 2.45) is 0 Å². The van der Waals surface area contributed by atoms with Crippen LogP contribution in [0, 0.1) is 11.8 Å². The van der Waals surface area contributed by atoms with E-state index in [4.69, 9.17) is 0 Å². The maximum Gasteiger partial charge on any atom is 0.279 e. The summed E-state index contributed by atoms with van der Waals surface area (Å²) < 4.78 is 54.6. The Balaban J connectivity index is 1.94. The van der Waals surface area contributed by atoms with E-state index >= 15 is 0 Å². The van der Waals surface area contributed by atoms with Gasteiger partial charge < -0.3 is 0 Å². The van der Waals surface area contributed by atoms with Crippen LogP contribution in [0.5, 0.6) is 0 Å². The summed E-state index contributed by atoms with van der Waals surface area (Å²) in [4.78, 5) is 3.11. The molecular weight excluding hydrogens is 302 g/mol. The summed E-state index contributed by atoms with van der Waals surface area (Å²) in [5, 5.41) is 3.94. The predicted molar refractivity (Wildman–Crippen MR) is 70.1 cm³/mol. The summed E-state index contributed by atoms with van der Waals surface area (Å²) in [6.45, 7) is 0. The zero-order valence-corrected chi connectivity index (χ0v) is 11.6. The fraction of sp³-hybridized carbons (Fsp3) is 0.333. The zero-order chi connectivity index (χ0) is 15.0. The number of nitrogens with zero attached hydrogens (tertiary/aromatic N) is 3. The maximum absolute atomic E-state index is 13.5. The minimum Gasteiger partial charge on any atom is -0.275 e. The second-order valence-electron chi connectivity index (χ2n) is 4.79. The highest BCUT2D eigenvalue weighted by Crippen LogP contribution is 2.33. The number of anilines is 1. The molecule has 2 heterocycles. The molecule has 1 aliphatic rings. The third-order valence-corrected chi connectivity index (χ3v) is 4.76. The molecule has 0 spiro atoms. The van der Waals surface area contributed by atoms with Gasteiger partial charge in [0.25, 0.3) is 10.0 Å². The molecule has 1 N–H and O–H groups in total. The third kappa shape index (κ3) is 2.60. The number of pyridine rings is 1. The molecule has 0 bridgehead atoms. The van der Waals surface area contributed by atoms with Crippen molar-refractivity contribution in [2.75, 3.05) is 4.72 Å². The van der Waals surface area contributed by atoms with E-state index in [1.807, 2.05) is 4.72 Å². The van der Waals surface area contributed by atoms with Gasteiger partial charge in [0, 0.05) is 6.07 Å². The highest BCUT2D eigenvalue weighted by atomic mass is 32.2. The van der Waals surface area contributed by atoms with Crippen LogP contribution in [0.2, 0.25) is 0 Å². The Bertz CT molecular complexity index is 771. The second-order valence-corrected chi connectivity index (χ2v) is 6.42. The molecule has 3 rings (SSSR count). The van der Waals surface area contributed by atoms with Crippen LogP contribution in [0.15, 0.2) is 29.6 Å². The summed E-state index contributed by atoms with van der Waals surface area (Å²) in [7, 11) is -4.05. The number of rotatable bonds is 4. The van der Waals surface area contributed by atoms with E-state index in [0.717, 1.165) is 19.3 Å². The largest absolute Gasteiger partial charge is 0.279 e. The number of hydrogen-bond acceptors (Lipinski definition) is 4. The first-order chi connectivity index (χ1) is 9.97. The first-order valence-electron chi connectivity index (χ1n) is 6.35. The van der Waals surface area contributed by atoms with E-state index in [0.29, 0.717) is 12.3 Å². The average Bonchev–Trinajstić information content (AvgIpc) is 2.81. The van der Waals surface area contributed by atoms with E-state index in [2.05, 4.69) is 10.1 Å². The van der Waals surface area contributed by atoms with Gasteiger partial charge in [-0.1, -0.05) is 0 Å². The molecule has 0 atom stereocenters. The summed E-state index contributed by atoms with van der Waals surface area (Å²) in [5.41, 5.74) is -0.483. The van der Waals surface area contributed by atoms with Gasteiger partial charge >= 0.3 is 0 Å². The summed E-state index contributed by atoms with van der Waals surface area (Å²) >= 11 is 0. The zero-order valence-electron chi connectivity index (χ0n) is 10.8. The molecule has 0 aromatic carbocycles. The molecule has 0 amide bonds. The highest BCUT2D eigenvalue weighted by molar-refractivity contribution is 7.92. The molecule has 0 saturated heterocycles. The molecule has 9 heteroatoms. The van der Waals surface area contributed by atoms with E-state index in [1.54, 1.807) is 0 Å². The Morgan fingerprint density at radius 3 is 2.76 bits per heavy atom. The molecule has 0 radical (unpaired) electrons. The lowest BCUT2D eigenvalue weighted by Gasteiger charge is -2.27. The number of halogens is 2. The molecule has 21 heavy (non-hydrogen) atoms. The van der Waals surface area contributed by atoms with Crippen molar-refractivity contribution >= 4 is 15.7 Å². The van der Waals surface area contributed by atoms with Gasteiger partial charge in [-0.15, -0.1) is 0 Å². The van der Waals surface area contributed by atoms with Crippen LogP contribution in [0.25, 0.3) is 0 Å². The molecule has 2 aromatic rings. The number of hydrogen-bond donors (Lipinski definition) is 1. The van der Waals surface area contributed by atoms with Gasteiger partial charge in [-0.25, -0.2) is 14.1 Å². The minimum absolute atomic E-state index is 0.0330. The average molecular weight is 314 g/mol. The monoisotopic (exact) mass is 314 g/mol. The Labute approximate surface area is 119 Å². The van der Waals surface area contributed by atoms with E-state index < -0.39 is 27.5 Å². The first-order valence-corrected chi connectivity index (χ1v) is 7.83. The van der Waals surface area contributed by atoms with Gasteiger partial charge in [0.2, 0.25) is 5.95 Å². The summed E-state index contributed by atoms with van der Waals surface area (Å²) in [6, 6.07) is 2.05. The van der Waals surface area contributed by atoms with E-state index in [-0.39, 0.29) is 11.1 Å². The SMILES string of the molecule is O=S(=O)(Nc1cc(F)ncc1F)c1ccnn1C1CCC1. The van der Waals surface area contributed by atoms with Gasteiger partial charge in [0.05, 0.1) is 24.1 Å². The fourth-order valence-electron chi connectivity index (χ4n) is 2.11. The van der Waals surface area contributed by atoms with Gasteiger partial charge in [0.1, 0.15) is 0 Å². The van der Waals surface area contributed by atoms with Gasteiger partial charge in [0.15, 0.2) is 10.8 Å². The lowest BCUT2D eigenvalue weighted by Crippen LogP contribution is -2.25. The first kappa shape index (κ1) is 13.9. The summed E-state index contributed by atoms with van der Waals surface area (Å²) in [6.07, 6.45) is 4.71. The van der Waals surface area contributed by atoms with E-state index in [9.17, 15) is 17.2 Å². The van der Waals surface area contributed by atoms with Crippen LogP contribution >= 0.6 is 0 Å². The lowest BCUT2D eigenvalue weighted by atomic mass is 9.93. The molecule has 0 aliphatic heterocycles. The van der Waals surface area contributed by atoms with Crippen molar-refractivity contribution in [3.05, 3.63) is 36.3 Å². The van der Waals surface area contributed by atoms with Crippen molar-refractivity contribution in [1.29, 1.82) is 0 Å². The molecule has 6 nitrogen and oxygen atoms in total. The normalized spacial score (nSPS) is 15.7. The van der Waals surface area contributed by atoms with Crippen LogP contribution in [0.3, 0.4) is 0 Å². The number of sulfonamides is 1. The van der Waals surface area contributed by atoms with Crippen molar-refractivity contribution in [1.82, 2.24) is 14.8 Å². The molecule has 1 saturated carbocycles. The van der Waals surface area contributed by atoms with Gasteiger partial charge in [-0.2, -0.15) is 17.9 Å². The smallest absolute Gasteiger partial charge is 0.275 e. The summed E-state index contributed by atoms with van der Waals surface area (Å²) in [5.74, 6) is -1.92. The Morgan fingerprint density at radius 2 is 2.10 bits per heavy atom. The Kier molecular flexibility index (Phi) is 3.36. The quantitative estimate of drug-likeness (QED) is 0.877. The van der Waals surface area contributed by atoms with Crippen molar-refractivity contribution in [2.45, 2.75) is 30.3 Å². The van der Waals surface area contributed by atoms with Crippen LogP contribution < -0.4 is 4.72 Å². The van der Waals surface area contributed by atoms with Gasteiger partial charge in [-0.3, -0.25) is 4.72 Å². The Morgan fingerprint density at radius 1 is 1.33 bits per heavy atom. The lowest BCUT2D eigenvalue weighted by molar-refractivity contribution is 0.271. The van der Waals surface area contributed by atoms with Crippen molar-refractivity contribution in [3.63, 3.8) is 0 Å². The third-order valence-electron chi connectivity index (χ3n) is 3.40. The molecular formula is C12H12F2N4O2S. The van der Waals surface area contributed by atoms with Crippen molar-refractivity contribution < 1.29 is 17.2 Å². The predicted octanol–water partition coefficient (Wildman–Crippen LogP) is 2.08. The Hall–Kier alpha value is -2.03. The minimum atomic E-state index is -4.05. The van der Waals surface area contributed by atoms with Crippen LogP contribution in [-0.4, -0.2) is 23.2 Å². The molecule has 0 unspecified atom stereocenters. The standard InChI is InChI=1S/C12H12F2N4O2S/c13-9-7-15-11(14)6-10(9)17-21(19,20)12-4-5-16-18(12)8-2-1-3-8/h4-8H,1-3H2,(H,15,17). The topological polar surface area (TPSA) is 76.9 Å². The van der Waals surface area contributed by atoms with Gasteiger partial charge in [-0.05, 0) is 25.3 Å². The highest BCUT2D eigenvalue weighted by Gasteiger charge is 2.28. The fourth-order valence-corrected chi connectivity index (χ4v) is 3.34. The second kappa shape index (κ2) is 5.06. The molecule has 1 aliphatic carbocycles. The molecule has 1 fully saturated rings. The number of aromatic nitrogens is 3. The molecule has 2 aromatic heterocycles. The van der Waals surface area contributed by atoms with Crippen LogP contribution in [0.1, 0.15) is 25.3 Å². The van der Waals surface area contributed by atoms with Crippen LogP contribution in [0.4, 0.5) is 14.5 Å².